The van der Waals surface area contributed by atoms with Crippen LogP contribution < -0.4 is 10.6 Å². The second-order valence-corrected chi connectivity index (χ2v) is 8.76. The number of aromatic nitrogens is 1. The molecule has 0 radical (unpaired) electrons. The summed E-state index contributed by atoms with van der Waals surface area (Å²) in [6.45, 7) is 3.06. The molecule has 5 heteroatoms. The van der Waals surface area contributed by atoms with Gasteiger partial charge in [-0.1, -0.05) is 65.7 Å². The smallest absolute Gasteiger partial charge is 0.257 e. The molecular formula is C25H27N3O2. The van der Waals surface area contributed by atoms with E-state index in [1.807, 2.05) is 49.4 Å². The summed E-state index contributed by atoms with van der Waals surface area (Å²) in [6, 6.07) is 18.2. The minimum absolute atomic E-state index is 0.0966. The van der Waals surface area contributed by atoms with E-state index in [4.69, 9.17) is 4.52 Å². The van der Waals surface area contributed by atoms with E-state index in [2.05, 4.69) is 27.9 Å². The number of nitrogens with zero attached hydrogens (tertiary/aromatic N) is 1. The molecule has 1 aliphatic carbocycles. The molecule has 1 saturated carbocycles. The van der Waals surface area contributed by atoms with Crippen molar-refractivity contribution in [2.75, 3.05) is 6.54 Å². The lowest BCUT2D eigenvalue weighted by Crippen LogP contribution is -2.52. The number of benzene rings is 2. The van der Waals surface area contributed by atoms with Gasteiger partial charge < -0.3 is 15.2 Å². The molecule has 3 aromatic rings. The molecule has 5 rings (SSSR count). The molecule has 1 saturated heterocycles. The predicted octanol–water partition coefficient (Wildman–Crippen LogP) is 4.65. The van der Waals surface area contributed by atoms with E-state index >= 15 is 0 Å². The van der Waals surface area contributed by atoms with Gasteiger partial charge in [0.05, 0.1) is 6.04 Å². The standard InChI is InChI=1S/C25H27N3O2/c1-17-7-5-11-20(13-17)22-21(16-30-28-22)24(29)27-23(19-9-3-2-4-10-19)25-12-6-8-18(14-25)15-26-25/h2-5,7,9-11,13,16,18,23,26H,6,8,12,14-15H2,1H3,(H,27,29). The topological polar surface area (TPSA) is 67.2 Å². The van der Waals surface area contributed by atoms with Crippen LogP contribution in [0.15, 0.2) is 65.4 Å². The largest absolute Gasteiger partial charge is 0.363 e. The van der Waals surface area contributed by atoms with E-state index in [-0.39, 0.29) is 17.5 Å². The number of fused-ring (bicyclic) bond motifs is 2. The fourth-order valence-corrected chi connectivity index (χ4v) is 5.27. The van der Waals surface area contributed by atoms with Crippen LogP contribution in [0.4, 0.5) is 0 Å². The zero-order valence-electron chi connectivity index (χ0n) is 17.2. The molecule has 2 aliphatic rings. The van der Waals surface area contributed by atoms with Crippen molar-refractivity contribution in [2.45, 2.75) is 44.2 Å². The summed E-state index contributed by atoms with van der Waals surface area (Å²) in [5.74, 6) is 0.548. The molecule has 1 aliphatic heterocycles. The maximum Gasteiger partial charge on any atom is 0.257 e. The van der Waals surface area contributed by atoms with E-state index in [1.165, 1.54) is 19.1 Å². The molecule has 2 aromatic carbocycles. The molecule has 154 valence electrons. The Hall–Kier alpha value is -2.92. The van der Waals surface area contributed by atoms with Gasteiger partial charge in [-0.25, -0.2) is 0 Å². The number of hydrogen-bond donors (Lipinski definition) is 2. The van der Waals surface area contributed by atoms with Crippen molar-refractivity contribution < 1.29 is 9.32 Å². The van der Waals surface area contributed by atoms with Crippen LogP contribution in [-0.4, -0.2) is 23.1 Å². The molecule has 2 bridgehead atoms. The molecule has 1 amide bonds. The quantitative estimate of drug-likeness (QED) is 0.653. The van der Waals surface area contributed by atoms with E-state index < -0.39 is 0 Å². The van der Waals surface area contributed by atoms with E-state index in [1.54, 1.807) is 0 Å². The van der Waals surface area contributed by atoms with Crippen molar-refractivity contribution >= 4 is 5.91 Å². The molecule has 2 fully saturated rings. The van der Waals surface area contributed by atoms with Crippen molar-refractivity contribution in [1.82, 2.24) is 15.8 Å². The Morgan fingerprint density at radius 2 is 2.10 bits per heavy atom. The van der Waals surface area contributed by atoms with Gasteiger partial charge in [0.25, 0.3) is 5.91 Å². The highest BCUT2D eigenvalue weighted by Gasteiger charge is 2.48. The van der Waals surface area contributed by atoms with E-state index in [0.717, 1.165) is 36.1 Å². The van der Waals surface area contributed by atoms with Crippen LogP contribution in [-0.2, 0) is 0 Å². The van der Waals surface area contributed by atoms with Crippen LogP contribution in [0, 0.1) is 12.8 Å². The maximum atomic E-state index is 13.4. The second kappa shape index (κ2) is 7.73. The zero-order valence-corrected chi connectivity index (χ0v) is 17.2. The maximum absolute atomic E-state index is 13.4. The molecule has 3 unspecified atom stereocenters. The average molecular weight is 402 g/mol. The third-order valence-electron chi connectivity index (χ3n) is 6.70. The lowest BCUT2D eigenvalue weighted by Gasteiger charge is -2.41. The first-order chi connectivity index (χ1) is 14.6. The summed E-state index contributed by atoms with van der Waals surface area (Å²) >= 11 is 0. The number of aryl methyl sites for hydroxylation is 1. The Bertz CT molecular complexity index is 1040. The van der Waals surface area contributed by atoms with Gasteiger partial charge in [-0.3, -0.25) is 4.79 Å². The molecular weight excluding hydrogens is 374 g/mol. The van der Waals surface area contributed by atoms with Crippen molar-refractivity contribution in [3.05, 3.63) is 77.6 Å². The van der Waals surface area contributed by atoms with Crippen molar-refractivity contribution in [1.29, 1.82) is 0 Å². The van der Waals surface area contributed by atoms with Crippen LogP contribution in [0.25, 0.3) is 11.3 Å². The minimum Gasteiger partial charge on any atom is -0.363 e. The van der Waals surface area contributed by atoms with E-state index in [0.29, 0.717) is 17.2 Å². The van der Waals surface area contributed by atoms with E-state index in [9.17, 15) is 4.79 Å². The number of hydrogen-bond acceptors (Lipinski definition) is 4. The van der Waals surface area contributed by atoms with Crippen LogP contribution >= 0.6 is 0 Å². The molecule has 3 atom stereocenters. The summed E-state index contributed by atoms with van der Waals surface area (Å²) in [5, 5.41) is 11.3. The molecule has 2 N–H and O–H groups in total. The van der Waals surface area contributed by atoms with Gasteiger partial charge in [0.2, 0.25) is 0 Å². The Balaban J connectivity index is 1.48. The monoisotopic (exact) mass is 401 g/mol. The SMILES string of the molecule is Cc1cccc(-c2nocc2C(=O)NC(c2ccccc2)C23CCCC(CN2)C3)c1. The van der Waals surface area contributed by atoms with Crippen molar-refractivity contribution in [2.24, 2.45) is 5.92 Å². The highest BCUT2D eigenvalue weighted by molar-refractivity contribution is 5.99. The number of amides is 1. The Labute approximate surface area is 176 Å². The van der Waals surface area contributed by atoms with Gasteiger partial charge in [0, 0.05) is 11.1 Å². The average Bonchev–Trinajstić information content (AvgIpc) is 3.37. The fraction of sp³-hybridized carbons (Fsp3) is 0.360. The second-order valence-electron chi connectivity index (χ2n) is 8.76. The van der Waals surface area contributed by atoms with Gasteiger partial charge >= 0.3 is 0 Å². The van der Waals surface area contributed by atoms with Gasteiger partial charge in [-0.2, -0.15) is 0 Å². The number of nitrogens with one attached hydrogen (secondary N) is 2. The summed E-state index contributed by atoms with van der Waals surface area (Å²) in [6.07, 6.45) is 6.09. The Morgan fingerprint density at radius 3 is 2.93 bits per heavy atom. The Kier molecular flexibility index (Phi) is 4.91. The fourth-order valence-electron chi connectivity index (χ4n) is 5.27. The molecule has 1 aromatic heterocycles. The number of rotatable bonds is 5. The van der Waals surface area contributed by atoms with Crippen molar-refractivity contribution in [3.63, 3.8) is 0 Å². The number of carbonyl (C=O) groups is 1. The zero-order chi connectivity index (χ0) is 20.6. The Morgan fingerprint density at radius 1 is 1.23 bits per heavy atom. The molecule has 30 heavy (non-hydrogen) atoms. The molecule has 5 nitrogen and oxygen atoms in total. The lowest BCUT2D eigenvalue weighted by atomic mass is 9.73. The first-order valence-corrected chi connectivity index (χ1v) is 10.8. The minimum atomic E-state index is -0.146. The third-order valence-corrected chi connectivity index (χ3v) is 6.70. The first kappa shape index (κ1) is 19.1. The van der Waals surface area contributed by atoms with Crippen LogP contribution in [0.5, 0.6) is 0 Å². The summed E-state index contributed by atoms with van der Waals surface area (Å²) in [7, 11) is 0. The van der Waals surface area contributed by atoms with Gasteiger partial charge in [-0.05, 0) is 50.3 Å². The predicted molar refractivity (Wildman–Crippen MR) is 116 cm³/mol. The van der Waals surface area contributed by atoms with Crippen LogP contribution in [0.3, 0.4) is 0 Å². The normalized spacial score (nSPS) is 23.8. The molecule has 2 heterocycles. The highest BCUT2D eigenvalue weighted by atomic mass is 16.5. The van der Waals surface area contributed by atoms with Crippen LogP contribution in [0.2, 0.25) is 0 Å². The lowest BCUT2D eigenvalue weighted by molar-refractivity contribution is 0.0892. The highest BCUT2D eigenvalue weighted by Crippen LogP contribution is 2.45. The van der Waals surface area contributed by atoms with Gasteiger partial charge in [0.15, 0.2) is 0 Å². The van der Waals surface area contributed by atoms with Crippen molar-refractivity contribution in [3.8, 4) is 11.3 Å². The van der Waals surface area contributed by atoms with Crippen LogP contribution in [0.1, 0.15) is 53.2 Å². The summed E-state index contributed by atoms with van der Waals surface area (Å²) in [4.78, 5) is 13.4. The van der Waals surface area contributed by atoms with Gasteiger partial charge in [-0.15, -0.1) is 0 Å². The number of carbonyl (C=O) groups excluding carboxylic acids is 1. The summed E-state index contributed by atoms with van der Waals surface area (Å²) < 4.78 is 5.23. The summed E-state index contributed by atoms with van der Waals surface area (Å²) in [5.41, 5.74) is 4.10. The van der Waals surface area contributed by atoms with Gasteiger partial charge in [0.1, 0.15) is 17.5 Å². The molecule has 0 spiro atoms. The third kappa shape index (κ3) is 3.43. The first-order valence-electron chi connectivity index (χ1n) is 10.8.